The van der Waals surface area contributed by atoms with Gasteiger partial charge in [0.05, 0.1) is 16.6 Å². The highest BCUT2D eigenvalue weighted by Crippen LogP contribution is 2.39. The van der Waals surface area contributed by atoms with Gasteiger partial charge in [-0.2, -0.15) is 0 Å². The van der Waals surface area contributed by atoms with Crippen molar-refractivity contribution in [2.75, 3.05) is 13.2 Å². The van der Waals surface area contributed by atoms with Crippen LogP contribution >= 0.6 is 0 Å². The van der Waals surface area contributed by atoms with Crippen molar-refractivity contribution in [3.8, 4) is 28.6 Å². The SMILES string of the molecule is C=CCOc1cc(OCC=C)c(-c2nc3ccccc3n2-c2ccccc2)cc1CC. The van der Waals surface area contributed by atoms with Crippen molar-refractivity contribution in [2.45, 2.75) is 13.3 Å². The fraction of sp³-hybridized carbons (Fsp3) is 0.148. The minimum Gasteiger partial charge on any atom is -0.489 e. The number of fused-ring (bicyclic) bond motifs is 1. The van der Waals surface area contributed by atoms with Crippen LogP contribution in [0.15, 0.2) is 92.0 Å². The first-order valence-corrected chi connectivity index (χ1v) is 10.4. The summed E-state index contributed by atoms with van der Waals surface area (Å²) >= 11 is 0. The van der Waals surface area contributed by atoms with E-state index < -0.39 is 0 Å². The van der Waals surface area contributed by atoms with Gasteiger partial charge in [0.25, 0.3) is 0 Å². The minimum atomic E-state index is 0.394. The number of aryl methyl sites for hydroxylation is 1. The lowest BCUT2D eigenvalue weighted by atomic mass is 10.1. The van der Waals surface area contributed by atoms with E-state index in [-0.39, 0.29) is 0 Å². The van der Waals surface area contributed by atoms with E-state index in [4.69, 9.17) is 14.5 Å². The molecule has 0 aliphatic rings. The van der Waals surface area contributed by atoms with Gasteiger partial charge in [0.2, 0.25) is 0 Å². The molecule has 0 spiro atoms. The van der Waals surface area contributed by atoms with E-state index in [9.17, 15) is 0 Å². The second-order valence-electron chi connectivity index (χ2n) is 7.10. The van der Waals surface area contributed by atoms with Crippen LogP contribution < -0.4 is 9.47 Å². The standard InChI is InChI=1S/C27H26N2O2/c1-4-16-30-25-19-26(31-17-5-2)22(18-20(25)6-3)27-28-23-14-10-11-15-24(23)29(27)21-12-8-7-9-13-21/h4-5,7-15,18-19H,1-2,6,16-17H2,3H3. The molecule has 0 fully saturated rings. The normalized spacial score (nSPS) is 10.7. The van der Waals surface area contributed by atoms with E-state index in [1.54, 1.807) is 12.2 Å². The summed E-state index contributed by atoms with van der Waals surface area (Å²) in [6.45, 7) is 10.5. The van der Waals surface area contributed by atoms with E-state index >= 15 is 0 Å². The fourth-order valence-electron chi connectivity index (χ4n) is 3.65. The van der Waals surface area contributed by atoms with Crippen LogP contribution in [-0.2, 0) is 6.42 Å². The zero-order valence-corrected chi connectivity index (χ0v) is 17.8. The average Bonchev–Trinajstić information content (AvgIpc) is 3.21. The molecule has 4 nitrogen and oxygen atoms in total. The van der Waals surface area contributed by atoms with Gasteiger partial charge in [0.15, 0.2) is 0 Å². The number of benzene rings is 3. The Kier molecular flexibility index (Phi) is 6.18. The number of hydrogen-bond donors (Lipinski definition) is 0. The molecule has 3 aromatic carbocycles. The van der Waals surface area contributed by atoms with Crippen LogP contribution in [0, 0.1) is 0 Å². The lowest BCUT2D eigenvalue weighted by Gasteiger charge is -2.17. The van der Waals surface area contributed by atoms with E-state index in [0.717, 1.165) is 45.8 Å². The Morgan fingerprint density at radius 2 is 1.55 bits per heavy atom. The molecule has 0 radical (unpaired) electrons. The third kappa shape index (κ3) is 4.10. The molecule has 31 heavy (non-hydrogen) atoms. The Morgan fingerprint density at radius 1 is 0.871 bits per heavy atom. The van der Waals surface area contributed by atoms with Crippen LogP contribution in [0.2, 0.25) is 0 Å². The first-order chi connectivity index (χ1) is 15.3. The monoisotopic (exact) mass is 410 g/mol. The number of para-hydroxylation sites is 3. The summed E-state index contributed by atoms with van der Waals surface area (Å²) in [4.78, 5) is 5.00. The third-order valence-electron chi connectivity index (χ3n) is 5.07. The molecule has 0 aliphatic carbocycles. The maximum absolute atomic E-state index is 6.07. The van der Waals surface area contributed by atoms with Gasteiger partial charge in [-0.1, -0.05) is 62.6 Å². The topological polar surface area (TPSA) is 36.3 Å². The largest absolute Gasteiger partial charge is 0.489 e. The van der Waals surface area contributed by atoms with Crippen molar-refractivity contribution in [3.05, 3.63) is 97.6 Å². The summed E-state index contributed by atoms with van der Waals surface area (Å²) in [5, 5.41) is 0. The second kappa shape index (κ2) is 9.35. The van der Waals surface area contributed by atoms with Gasteiger partial charge in [-0.3, -0.25) is 4.57 Å². The Labute approximate surface area is 183 Å². The minimum absolute atomic E-state index is 0.394. The van der Waals surface area contributed by atoms with Crippen LogP contribution in [0.5, 0.6) is 11.5 Å². The van der Waals surface area contributed by atoms with Crippen molar-refractivity contribution in [2.24, 2.45) is 0 Å². The highest BCUT2D eigenvalue weighted by Gasteiger charge is 2.20. The number of rotatable bonds is 9. The van der Waals surface area contributed by atoms with E-state index in [0.29, 0.717) is 19.0 Å². The molecule has 0 amide bonds. The molecular weight excluding hydrogens is 384 g/mol. The molecule has 0 unspecified atom stereocenters. The number of hydrogen-bond acceptors (Lipinski definition) is 3. The first-order valence-electron chi connectivity index (χ1n) is 10.4. The van der Waals surface area contributed by atoms with Gasteiger partial charge in [-0.15, -0.1) is 0 Å². The molecule has 0 N–H and O–H groups in total. The summed E-state index contributed by atoms with van der Waals surface area (Å²) in [5.41, 5.74) is 5.04. The van der Waals surface area contributed by atoms with Gasteiger partial charge in [0.1, 0.15) is 30.5 Å². The van der Waals surface area contributed by atoms with Gasteiger partial charge in [-0.05, 0) is 42.3 Å². The summed E-state index contributed by atoms with van der Waals surface area (Å²) in [5.74, 6) is 2.34. The van der Waals surface area contributed by atoms with Crippen LogP contribution in [0.1, 0.15) is 12.5 Å². The number of aromatic nitrogens is 2. The Bertz CT molecular complexity index is 1210. The summed E-state index contributed by atoms with van der Waals surface area (Å²) < 4.78 is 14.2. The molecule has 156 valence electrons. The molecule has 1 heterocycles. The van der Waals surface area contributed by atoms with Gasteiger partial charge < -0.3 is 9.47 Å². The lowest BCUT2D eigenvalue weighted by Crippen LogP contribution is -2.04. The van der Waals surface area contributed by atoms with Crippen molar-refractivity contribution in [1.82, 2.24) is 9.55 Å². The maximum atomic E-state index is 6.07. The van der Waals surface area contributed by atoms with Gasteiger partial charge in [-0.25, -0.2) is 4.98 Å². The first kappa shape index (κ1) is 20.5. The summed E-state index contributed by atoms with van der Waals surface area (Å²) in [7, 11) is 0. The van der Waals surface area contributed by atoms with Crippen LogP contribution in [0.4, 0.5) is 0 Å². The highest BCUT2D eigenvalue weighted by molar-refractivity contribution is 5.85. The van der Waals surface area contributed by atoms with Crippen molar-refractivity contribution >= 4 is 11.0 Å². The molecule has 4 aromatic rings. The number of imidazole rings is 1. The fourth-order valence-corrected chi connectivity index (χ4v) is 3.65. The van der Waals surface area contributed by atoms with Crippen molar-refractivity contribution in [3.63, 3.8) is 0 Å². The van der Waals surface area contributed by atoms with Crippen LogP contribution in [0.3, 0.4) is 0 Å². The molecule has 4 heteroatoms. The molecule has 0 aliphatic heterocycles. The predicted octanol–water partition coefficient (Wildman–Crippen LogP) is 6.38. The summed E-state index contributed by atoms with van der Waals surface area (Å²) in [6, 6.07) is 22.5. The summed E-state index contributed by atoms with van der Waals surface area (Å²) in [6.07, 6.45) is 4.31. The van der Waals surface area contributed by atoms with Gasteiger partial charge >= 0.3 is 0 Å². The number of nitrogens with zero attached hydrogens (tertiary/aromatic N) is 2. The molecule has 0 atom stereocenters. The van der Waals surface area contributed by atoms with E-state index in [1.807, 2.05) is 42.5 Å². The maximum Gasteiger partial charge on any atom is 0.149 e. The number of ether oxygens (including phenoxy) is 2. The van der Waals surface area contributed by atoms with E-state index in [1.165, 1.54) is 0 Å². The van der Waals surface area contributed by atoms with Crippen LogP contribution in [-0.4, -0.2) is 22.8 Å². The Hall–Kier alpha value is -3.79. The predicted molar refractivity (Wildman–Crippen MR) is 127 cm³/mol. The highest BCUT2D eigenvalue weighted by atomic mass is 16.5. The van der Waals surface area contributed by atoms with E-state index in [2.05, 4.69) is 48.9 Å². The lowest BCUT2D eigenvalue weighted by molar-refractivity contribution is 0.343. The quantitative estimate of drug-likeness (QED) is 0.300. The zero-order valence-electron chi connectivity index (χ0n) is 17.8. The second-order valence-corrected chi connectivity index (χ2v) is 7.10. The third-order valence-corrected chi connectivity index (χ3v) is 5.07. The average molecular weight is 411 g/mol. The smallest absolute Gasteiger partial charge is 0.149 e. The Balaban J connectivity index is 1.98. The molecule has 1 aromatic heterocycles. The molecule has 0 saturated carbocycles. The zero-order chi connectivity index (χ0) is 21.6. The molecular formula is C27H26N2O2. The van der Waals surface area contributed by atoms with Crippen LogP contribution in [0.25, 0.3) is 28.1 Å². The van der Waals surface area contributed by atoms with Gasteiger partial charge in [0, 0.05) is 11.8 Å². The Morgan fingerprint density at radius 3 is 2.26 bits per heavy atom. The molecule has 0 bridgehead atoms. The van der Waals surface area contributed by atoms with Crippen molar-refractivity contribution < 1.29 is 9.47 Å². The van der Waals surface area contributed by atoms with Crippen molar-refractivity contribution in [1.29, 1.82) is 0 Å². The molecule has 0 saturated heterocycles. The molecule has 4 rings (SSSR count).